The number of halogens is 1. The SMILES string of the molecule is CCCOc1c(Cl)cc(C(=O)N[C@@H](C)CC#N)cc1OCC. The second kappa shape index (κ2) is 9.16. The molecule has 1 aromatic rings. The van der Waals surface area contributed by atoms with Crippen molar-refractivity contribution in [2.45, 2.75) is 39.7 Å². The van der Waals surface area contributed by atoms with Gasteiger partial charge >= 0.3 is 0 Å². The third-order valence-corrected chi connectivity index (χ3v) is 3.08. The Morgan fingerprint density at radius 3 is 2.73 bits per heavy atom. The predicted molar refractivity (Wildman–Crippen MR) is 85.6 cm³/mol. The number of carbonyl (C=O) groups excluding carboxylic acids is 1. The number of nitrogens with one attached hydrogen (secondary N) is 1. The van der Waals surface area contributed by atoms with Gasteiger partial charge in [0, 0.05) is 11.6 Å². The zero-order valence-electron chi connectivity index (χ0n) is 13.1. The lowest BCUT2D eigenvalue weighted by molar-refractivity contribution is 0.0940. The Labute approximate surface area is 136 Å². The van der Waals surface area contributed by atoms with Crippen LogP contribution in [0.5, 0.6) is 11.5 Å². The molecule has 0 aliphatic carbocycles. The molecule has 6 heteroatoms. The third-order valence-electron chi connectivity index (χ3n) is 2.80. The van der Waals surface area contributed by atoms with Gasteiger partial charge in [-0.25, -0.2) is 0 Å². The fourth-order valence-electron chi connectivity index (χ4n) is 1.80. The zero-order valence-corrected chi connectivity index (χ0v) is 13.9. The Morgan fingerprint density at radius 2 is 2.14 bits per heavy atom. The van der Waals surface area contributed by atoms with Crippen LogP contribution in [0.15, 0.2) is 12.1 Å². The van der Waals surface area contributed by atoms with E-state index in [-0.39, 0.29) is 18.4 Å². The van der Waals surface area contributed by atoms with Gasteiger partial charge in [0.2, 0.25) is 0 Å². The van der Waals surface area contributed by atoms with Crippen LogP contribution < -0.4 is 14.8 Å². The molecule has 1 aromatic carbocycles. The average Bonchev–Trinajstić information content (AvgIpc) is 2.46. The van der Waals surface area contributed by atoms with Crippen molar-refractivity contribution in [2.75, 3.05) is 13.2 Å². The largest absolute Gasteiger partial charge is 0.490 e. The summed E-state index contributed by atoms with van der Waals surface area (Å²) in [6, 6.07) is 4.93. The summed E-state index contributed by atoms with van der Waals surface area (Å²) < 4.78 is 11.1. The molecule has 0 spiro atoms. The van der Waals surface area contributed by atoms with Crippen LogP contribution >= 0.6 is 11.6 Å². The molecular formula is C16H21ClN2O3. The maximum Gasteiger partial charge on any atom is 0.251 e. The first-order chi connectivity index (χ1) is 10.5. The Morgan fingerprint density at radius 1 is 1.41 bits per heavy atom. The van der Waals surface area contributed by atoms with E-state index in [0.29, 0.717) is 35.3 Å². The Kier molecular flexibility index (Phi) is 7.55. The summed E-state index contributed by atoms with van der Waals surface area (Å²) in [4.78, 5) is 12.2. The zero-order chi connectivity index (χ0) is 16.5. The lowest BCUT2D eigenvalue weighted by Gasteiger charge is -2.16. The monoisotopic (exact) mass is 324 g/mol. The van der Waals surface area contributed by atoms with Crippen molar-refractivity contribution >= 4 is 17.5 Å². The smallest absolute Gasteiger partial charge is 0.251 e. The van der Waals surface area contributed by atoms with Crippen molar-refractivity contribution in [1.29, 1.82) is 5.26 Å². The number of nitriles is 1. The number of hydrogen-bond donors (Lipinski definition) is 1. The van der Waals surface area contributed by atoms with Crippen LogP contribution in [0, 0.1) is 11.3 Å². The van der Waals surface area contributed by atoms with Crippen LogP contribution in [0.4, 0.5) is 0 Å². The first kappa shape index (κ1) is 18.1. The first-order valence-electron chi connectivity index (χ1n) is 7.30. The predicted octanol–water partition coefficient (Wildman–Crippen LogP) is 3.56. The Hall–Kier alpha value is -1.93. The molecule has 0 radical (unpaired) electrons. The number of rotatable bonds is 8. The van der Waals surface area contributed by atoms with Crippen molar-refractivity contribution in [3.05, 3.63) is 22.7 Å². The molecule has 0 fully saturated rings. The molecule has 0 unspecified atom stereocenters. The van der Waals surface area contributed by atoms with Crippen molar-refractivity contribution in [2.24, 2.45) is 0 Å². The second-order valence-corrected chi connectivity index (χ2v) is 5.21. The van der Waals surface area contributed by atoms with Gasteiger partial charge in [0.1, 0.15) is 0 Å². The molecule has 120 valence electrons. The van der Waals surface area contributed by atoms with Gasteiger partial charge in [0.05, 0.1) is 30.7 Å². The van der Waals surface area contributed by atoms with Gasteiger partial charge in [-0.3, -0.25) is 4.79 Å². The molecule has 0 saturated heterocycles. The molecule has 1 rings (SSSR count). The van der Waals surface area contributed by atoms with Gasteiger partial charge in [-0.05, 0) is 32.4 Å². The van der Waals surface area contributed by atoms with Gasteiger partial charge < -0.3 is 14.8 Å². The summed E-state index contributed by atoms with van der Waals surface area (Å²) in [5.74, 6) is 0.598. The van der Waals surface area contributed by atoms with E-state index in [4.69, 9.17) is 26.3 Å². The minimum absolute atomic E-state index is 0.233. The van der Waals surface area contributed by atoms with E-state index in [1.54, 1.807) is 19.1 Å². The lowest BCUT2D eigenvalue weighted by Crippen LogP contribution is -2.32. The van der Waals surface area contributed by atoms with E-state index in [0.717, 1.165) is 6.42 Å². The summed E-state index contributed by atoms with van der Waals surface area (Å²) in [5.41, 5.74) is 0.377. The molecule has 0 bridgehead atoms. The fraction of sp³-hybridized carbons (Fsp3) is 0.500. The molecule has 1 N–H and O–H groups in total. The molecular weight excluding hydrogens is 304 g/mol. The molecule has 1 amide bonds. The maximum atomic E-state index is 12.2. The second-order valence-electron chi connectivity index (χ2n) is 4.80. The molecule has 0 aliphatic rings. The van der Waals surface area contributed by atoms with Crippen molar-refractivity contribution in [3.8, 4) is 17.6 Å². The van der Waals surface area contributed by atoms with Crippen molar-refractivity contribution in [1.82, 2.24) is 5.32 Å². The van der Waals surface area contributed by atoms with Crippen LogP contribution in [0.2, 0.25) is 5.02 Å². The molecule has 5 nitrogen and oxygen atoms in total. The number of amides is 1. The number of hydrogen-bond acceptors (Lipinski definition) is 4. The van der Waals surface area contributed by atoms with Crippen LogP contribution in [0.3, 0.4) is 0 Å². The number of benzene rings is 1. The average molecular weight is 325 g/mol. The minimum Gasteiger partial charge on any atom is -0.490 e. The fourth-order valence-corrected chi connectivity index (χ4v) is 2.07. The lowest BCUT2D eigenvalue weighted by atomic mass is 10.1. The number of nitrogens with zero attached hydrogens (tertiary/aromatic N) is 1. The molecule has 0 saturated carbocycles. The van der Waals surface area contributed by atoms with Crippen LogP contribution in [-0.2, 0) is 0 Å². The van der Waals surface area contributed by atoms with Crippen molar-refractivity contribution in [3.63, 3.8) is 0 Å². The third kappa shape index (κ3) is 5.12. The highest BCUT2D eigenvalue weighted by molar-refractivity contribution is 6.32. The van der Waals surface area contributed by atoms with Gasteiger partial charge in [-0.1, -0.05) is 18.5 Å². The standard InChI is InChI=1S/C16H21ClN2O3/c1-4-8-22-15-13(17)9-12(10-14(15)21-5-2)16(20)19-11(3)6-7-18/h9-11H,4-6,8H2,1-3H3,(H,19,20)/t11-/m0/s1. The normalized spacial score (nSPS) is 11.4. The first-order valence-corrected chi connectivity index (χ1v) is 7.68. The van der Waals surface area contributed by atoms with Gasteiger partial charge in [-0.15, -0.1) is 0 Å². The Bertz CT molecular complexity index is 555. The van der Waals surface area contributed by atoms with Gasteiger partial charge in [0.25, 0.3) is 5.91 Å². The van der Waals surface area contributed by atoms with Gasteiger partial charge in [-0.2, -0.15) is 5.26 Å². The summed E-state index contributed by atoms with van der Waals surface area (Å²) in [6.45, 7) is 6.57. The molecule has 0 aromatic heterocycles. The topological polar surface area (TPSA) is 71.3 Å². The van der Waals surface area contributed by atoms with Crippen LogP contribution in [-0.4, -0.2) is 25.2 Å². The molecule has 0 aliphatic heterocycles. The summed E-state index contributed by atoms with van der Waals surface area (Å²) in [7, 11) is 0. The van der Waals surface area contributed by atoms with E-state index in [1.165, 1.54) is 0 Å². The van der Waals surface area contributed by atoms with Crippen molar-refractivity contribution < 1.29 is 14.3 Å². The summed E-state index contributed by atoms with van der Waals surface area (Å²) in [5, 5.41) is 11.7. The summed E-state index contributed by atoms with van der Waals surface area (Å²) >= 11 is 6.21. The quantitative estimate of drug-likeness (QED) is 0.793. The molecule has 0 heterocycles. The van der Waals surface area contributed by atoms with Gasteiger partial charge in [0.15, 0.2) is 11.5 Å². The highest BCUT2D eigenvalue weighted by atomic mass is 35.5. The highest BCUT2D eigenvalue weighted by Gasteiger charge is 2.17. The van der Waals surface area contributed by atoms with E-state index in [1.807, 2.05) is 19.9 Å². The Balaban J connectivity index is 3.02. The maximum absolute atomic E-state index is 12.2. The minimum atomic E-state index is -0.298. The summed E-state index contributed by atoms with van der Waals surface area (Å²) in [6.07, 6.45) is 1.09. The van der Waals surface area contributed by atoms with Crippen LogP contribution in [0.1, 0.15) is 44.0 Å². The van der Waals surface area contributed by atoms with E-state index >= 15 is 0 Å². The van der Waals surface area contributed by atoms with Crippen LogP contribution in [0.25, 0.3) is 0 Å². The van der Waals surface area contributed by atoms with E-state index in [2.05, 4.69) is 5.32 Å². The number of ether oxygens (including phenoxy) is 2. The van der Waals surface area contributed by atoms with E-state index < -0.39 is 0 Å². The van der Waals surface area contributed by atoms with E-state index in [9.17, 15) is 4.79 Å². The molecule has 1 atom stereocenters. The highest BCUT2D eigenvalue weighted by Crippen LogP contribution is 2.36. The molecule has 22 heavy (non-hydrogen) atoms. The number of carbonyl (C=O) groups is 1.